The van der Waals surface area contributed by atoms with E-state index in [9.17, 15) is 0 Å². The van der Waals surface area contributed by atoms with E-state index >= 15 is 0 Å². The maximum atomic E-state index is 5.55. The molecule has 6 nitrogen and oxygen atoms in total. The summed E-state index contributed by atoms with van der Waals surface area (Å²) in [5.41, 5.74) is 4.02. The summed E-state index contributed by atoms with van der Waals surface area (Å²) >= 11 is 0. The molecule has 6 heteroatoms. The summed E-state index contributed by atoms with van der Waals surface area (Å²) in [4.78, 5) is 11.5. The Morgan fingerprint density at radius 3 is 2.79 bits per heavy atom. The molecule has 0 saturated carbocycles. The van der Waals surface area contributed by atoms with Crippen LogP contribution in [0.3, 0.4) is 0 Å². The van der Waals surface area contributed by atoms with Crippen LogP contribution >= 0.6 is 0 Å². The van der Waals surface area contributed by atoms with Gasteiger partial charge >= 0.3 is 0 Å². The van der Waals surface area contributed by atoms with Gasteiger partial charge in [-0.25, -0.2) is 0 Å². The van der Waals surface area contributed by atoms with Gasteiger partial charge in [-0.05, 0) is 25.5 Å². The van der Waals surface area contributed by atoms with Crippen LogP contribution in [-0.4, -0.2) is 46.3 Å². The van der Waals surface area contributed by atoms with Gasteiger partial charge in [0.2, 0.25) is 0 Å². The number of nitrogens with zero attached hydrogens (tertiary/aromatic N) is 4. The average Bonchev–Trinajstić information content (AvgIpc) is 3.04. The van der Waals surface area contributed by atoms with Crippen molar-refractivity contribution in [3.8, 4) is 11.5 Å². The molecule has 1 fully saturated rings. The highest BCUT2D eigenvalue weighted by molar-refractivity contribution is 5.94. The summed E-state index contributed by atoms with van der Waals surface area (Å²) in [5, 5.41) is 5.20. The summed E-state index contributed by atoms with van der Waals surface area (Å²) < 4.78 is 10.9. The number of fused-ring (bicyclic) bond motifs is 1. The quantitative estimate of drug-likeness (QED) is 0.738. The summed E-state index contributed by atoms with van der Waals surface area (Å²) in [6, 6.07) is 8.16. The Balaban J connectivity index is 1.69. The number of hydrogen-bond acceptors (Lipinski definition) is 6. The highest BCUT2D eigenvalue weighted by atomic mass is 16.5. The Morgan fingerprint density at radius 1 is 1.12 bits per heavy atom. The molecule has 2 aromatic heterocycles. The highest BCUT2D eigenvalue weighted by Crippen LogP contribution is 2.29. The minimum Gasteiger partial charge on any atom is -0.379 e. The average molecular weight is 324 g/mol. The fourth-order valence-electron chi connectivity index (χ4n) is 3.08. The van der Waals surface area contributed by atoms with Gasteiger partial charge in [0.05, 0.1) is 30.8 Å². The SMILES string of the molecule is Cc1cc(-c2nc(CN3CCOCC3)no2)c2cccc(C)c2n1. The summed E-state index contributed by atoms with van der Waals surface area (Å²) in [5.74, 6) is 1.27. The summed E-state index contributed by atoms with van der Waals surface area (Å²) in [7, 11) is 0. The molecule has 4 rings (SSSR count). The zero-order valence-electron chi connectivity index (χ0n) is 14.0. The third kappa shape index (κ3) is 2.90. The predicted octanol–water partition coefficient (Wildman–Crippen LogP) is 2.73. The van der Waals surface area contributed by atoms with Crippen molar-refractivity contribution in [3.63, 3.8) is 0 Å². The van der Waals surface area contributed by atoms with Crippen molar-refractivity contribution >= 4 is 10.9 Å². The number of aryl methyl sites for hydroxylation is 2. The van der Waals surface area contributed by atoms with Crippen LogP contribution in [0.2, 0.25) is 0 Å². The maximum Gasteiger partial charge on any atom is 0.258 e. The molecule has 0 amide bonds. The predicted molar refractivity (Wildman–Crippen MR) is 90.6 cm³/mol. The topological polar surface area (TPSA) is 64.3 Å². The van der Waals surface area contributed by atoms with Crippen molar-refractivity contribution < 1.29 is 9.26 Å². The van der Waals surface area contributed by atoms with Gasteiger partial charge < -0.3 is 9.26 Å². The first kappa shape index (κ1) is 15.2. The first-order valence-corrected chi connectivity index (χ1v) is 8.21. The Morgan fingerprint density at radius 2 is 1.96 bits per heavy atom. The van der Waals surface area contributed by atoms with Crippen molar-refractivity contribution in [2.45, 2.75) is 20.4 Å². The van der Waals surface area contributed by atoms with E-state index in [2.05, 4.69) is 39.1 Å². The zero-order chi connectivity index (χ0) is 16.5. The summed E-state index contributed by atoms with van der Waals surface area (Å²) in [6.07, 6.45) is 0. The fourth-order valence-corrected chi connectivity index (χ4v) is 3.08. The molecule has 0 aliphatic carbocycles. The van der Waals surface area contributed by atoms with Crippen molar-refractivity contribution in [1.82, 2.24) is 20.0 Å². The Hall–Kier alpha value is -2.31. The second kappa shape index (κ2) is 6.30. The van der Waals surface area contributed by atoms with Gasteiger partial charge in [0.25, 0.3) is 5.89 Å². The molecule has 0 unspecified atom stereocenters. The van der Waals surface area contributed by atoms with Crippen LogP contribution in [0, 0.1) is 13.8 Å². The van der Waals surface area contributed by atoms with Crippen molar-refractivity contribution in [2.75, 3.05) is 26.3 Å². The van der Waals surface area contributed by atoms with Gasteiger partial charge in [0.15, 0.2) is 5.82 Å². The fraction of sp³-hybridized carbons (Fsp3) is 0.389. The number of aromatic nitrogens is 3. The molecule has 1 saturated heterocycles. The number of benzene rings is 1. The second-order valence-corrected chi connectivity index (χ2v) is 6.19. The molecule has 1 aliphatic heterocycles. The van der Waals surface area contributed by atoms with E-state index in [1.807, 2.05) is 19.1 Å². The van der Waals surface area contributed by atoms with E-state index in [4.69, 9.17) is 9.26 Å². The lowest BCUT2D eigenvalue weighted by Gasteiger charge is -2.24. The Kier molecular flexibility index (Phi) is 4.00. The van der Waals surface area contributed by atoms with Crippen LogP contribution in [0.25, 0.3) is 22.4 Å². The molecular weight excluding hydrogens is 304 g/mol. The summed E-state index contributed by atoms with van der Waals surface area (Å²) in [6.45, 7) is 8.07. The highest BCUT2D eigenvalue weighted by Gasteiger charge is 2.17. The van der Waals surface area contributed by atoms with Gasteiger partial charge in [0, 0.05) is 24.2 Å². The molecule has 1 aliphatic rings. The van der Waals surface area contributed by atoms with Crippen LogP contribution in [0.15, 0.2) is 28.8 Å². The van der Waals surface area contributed by atoms with Gasteiger partial charge in [0.1, 0.15) is 0 Å². The number of para-hydroxylation sites is 1. The van der Waals surface area contributed by atoms with Gasteiger partial charge in [-0.2, -0.15) is 4.98 Å². The van der Waals surface area contributed by atoms with Crippen LogP contribution in [0.5, 0.6) is 0 Å². The number of pyridine rings is 1. The van der Waals surface area contributed by atoms with E-state index < -0.39 is 0 Å². The third-order valence-electron chi connectivity index (χ3n) is 4.34. The number of morpholine rings is 1. The molecule has 0 bridgehead atoms. The molecule has 124 valence electrons. The lowest BCUT2D eigenvalue weighted by Crippen LogP contribution is -2.35. The van der Waals surface area contributed by atoms with Crippen molar-refractivity contribution in [3.05, 3.63) is 41.3 Å². The molecule has 3 aromatic rings. The third-order valence-corrected chi connectivity index (χ3v) is 4.34. The van der Waals surface area contributed by atoms with Crippen molar-refractivity contribution in [2.24, 2.45) is 0 Å². The largest absolute Gasteiger partial charge is 0.379 e. The van der Waals surface area contributed by atoms with Gasteiger partial charge in [-0.15, -0.1) is 0 Å². The molecule has 0 spiro atoms. The Labute approximate surface area is 140 Å². The molecule has 1 aromatic carbocycles. The minimum absolute atomic E-state index is 0.555. The monoisotopic (exact) mass is 324 g/mol. The standard InChI is InChI=1S/C18H20N4O2/c1-12-4-3-5-14-15(10-13(2)19-17(12)14)18-20-16(21-24-18)11-22-6-8-23-9-7-22/h3-5,10H,6-9,11H2,1-2H3. The molecular formula is C18H20N4O2. The van der Waals surface area contributed by atoms with E-state index in [0.717, 1.165) is 54.0 Å². The number of hydrogen-bond donors (Lipinski definition) is 0. The molecule has 0 atom stereocenters. The second-order valence-electron chi connectivity index (χ2n) is 6.19. The first-order chi connectivity index (χ1) is 11.7. The zero-order valence-corrected chi connectivity index (χ0v) is 14.0. The lowest BCUT2D eigenvalue weighted by atomic mass is 10.0. The maximum absolute atomic E-state index is 5.55. The van der Waals surface area contributed by atoms with E-state index in [1.54, 1.807) is 0 Å². The minimum atomic E-state index is 0.555. The molecule has 3 heterocycles. The lowest BCUT2D eigenvalue weighted by molar-refractivity contribution is 0.0327. The number of rotatable bonds is 3. The van der Waals surface area contributed by atoms with Crippen LogP contribution in [-0.2, 0) is 11.3 Å². The van der Waals surface area contributed by atoms with Crippen LogP contribution in [0.4, 0.5) is 0 Å². The van der Waals surface area contributed by atoms with E-state index in [0.29, 0.717) is 18.3 Å². The normalized spacial score (nSPS) is 15.9. The van der Waals surface area contributed by atoms with Crippen molar-refractivity contribution in [1.29, 1.82) is 0 Å². The first-order valence-electron chi connectivity index (χ1n) is 8.21. The van der Waals surface area contributed by atoms with E-state index in [-0.39, 0.29) is 0 Å². The molecule has 24 heavy (non-hydrogen) atoms. The van der Waals surface area contributed by atoms with Gasteiger partial charge in [-0.1, -0.05) is 23.4 Å². The molecule has 0 N–H and O–H groups in total. The number of ether oxygens (including phenoxy) is 1. The van der Waals surface area contributed by atoms with E-state index in [1.165, 1.54) is 0 Å². The van der Waals surface area contributed by atoms with Gasteiger partial charge in [-0.3, -0.25) is 9.88 Å². The van der Waals surface area contributed by atoms with Crippen LogP contribution in [0.1, 0.15) is 17.1 Å². The van der Waals surface area contributed by atoms with Crippen LogP contribution < -0.4 is 0 Å². The molecule has 0 radical (unpaired) electrons. The smallest absolute Gasteiger partial charge is 0.258 e. The Bertz CT molecular complexity index is 869.